The average molecular weight is 318 g/mol. The summed E-state index contributed by atoms with van der Waals surface area (Å²) in [5, 5.41) is -0.798. The Balaban J connectivity index is 2.17. The van der Waals surface area contributed by atoms with Gasteiger partial charge in [0.05, 0.1) is 11.2 Å². The monoisotopic (exact) mass is 318 g/mol. The van der Waals surface area contributed by atoms with Gasteiger partial charge in [-0.25, -0.2) is 8.42 Å². The van der Waals surface area contributed by atoms with Gasteiger partial charge in [0.2, 0.25) is 0 Å². The van der Waals surface area contributed by atoms with E-state index in [2.05, 4.69) is 0 Å². The van der Waals surface area contributed by atoms with Crippen LogP contribution >= 0.6 is 11.3 Å². The van der Waals surface area contributed by atoms with Crippen LogP contribution in [0.4, 0.5) is 0 Å². The molecule has 0 saturated carbocycles. The first-order chi connectivity index (χ1) is 10.1. The number of furan rings is 1. The maximum atomic E-state index is 13.0. The van der Waals surface area contributed by atoms with E-state index in [-0.39, 0.29) is 0 Å². The van der Waals surface area contributed by atoms with Crippen molar-refractivity contribution >= 4 is 21.2 Å². The van der Waals surface area contributed by atoms with Crippen molar-refractivity contribution in [1.29, 1.82) is 0 Å². The fourth-order valence-corrected chi connectivity index (χ4v) is 5.25. The fourth-order valence-electron chi connectivity index (χ4n) is 2.23. The van der Waals surface area contributed by atoms with E-state index in [0.29, 0.717) is 10.7 Å². The summed E-state index contributed by atoms with van der Waals surface area (Å²) in [5.74, 6) is 0.445. The van der Waals surface area contributed by atoms with Crippen molar-refractivity contribution in [3.05, 3.63) is 76.4 Å². The molecular weight excluding hydrogens is 304 g/mol. The Bertz CT molecular complexity index is 816. The predicted octanol–water partition coefficient (Wildman–Crippen LogP) is 4.21. The molecule has 0 aliphatic heterocycles. The lowest BCUT2D eigenvalue weighted by Gasteiger charge is -2.14. The van der Waals surface area contributed by atoms with Gasteiger partial charge in [-0.2, -0.15) is 0 Å². The molecule has 21 heavy (non-hydrogen) atoms. The van der Waals surface area contributed by atoms with Crippen LogP contribution in [0.5, 0.6) is 0 Å². The molecule has 0 spiro atoms. The lowest BCUT2D eigenvalue weighted by molar-refractivity contribution is 0.506. The van der Waals surface area contributed by atoms with Crippen molar-refractivity contribution in [2.75, 3.05) is 0 Å². The van der Waals surface area contributed by atoms with E-state index in [0.717, 1.165) is 9.75 Å². The van der Waals surface area contributed by atoms with Crippen molar-refractivity contribution in [2.45, 2.75) is 17.1 Å². The minimum absolute atomic E-state index is 0.303. The van der Waals surface area contributed by atoms with Gasteiger partial charge in [0.1, 0.15) is 5.76 Å². The Morgan fingerprint density at radius 2 is 1.76 bits per heavy atom. The maximum absolute atomic E-state index is 13.0. The van der Waals surface area contributed by atoms with E-state index in [1.807, 2.05) is 19.1 Å². The zero-order chi connectivity index (χ0) is 14.9. The Kier molecular flexibility index (Phi) is 3.69. The highest BCUT2D eigenvalue weighted by Gasteiger charge is 2.33. The molecule has 1 atom stereocenters. The highest BCUT2D eigenvalue weighted by Crippen LogP contribution is 2.38. The van der Waals surface area contributed by atoms with Crippen LogP contribution in [-0.4, -0.2) is 8.42 Å². The number of hydrogen-bond donors (Lipinski definition) is 0. The van der Waals surface area contributed by atoms with Gasteiger partial charge in [-0.1, -0.05) is 18.2 Å². The van der Waals surface area contributed by atoms with Crippen LogP contribution in [0.2, 0.25) is 0 Å². The summed E-state index contributed by atoms with van der Waals surface area (Å²) in [6, 6.07) is 15.7. The molecule has 0 fully saturated rings. The number of hydrogen-bond acceptors (Lipinski definition) is 4. The highest BCUT2D eigenvalue weighted by atomic mass is 32.2. The second-order valence-electron chi connectivity index (χ2n) is 4.70. The first-order valence-electron chi connectivity index (χ1n) is 6.48. The number of sulfone groups is 1. The molecule has 5 heteroatoms. The largest absolute Gasteiger partial charge is 0.468 e. The van der Waals surface area contributed by atoms with E-state index in [1.54, 1.807) is 42.5 Å². The minimum Gasteiger partial charge on any atom is -0.468 e. The molecule has 0 N–H and O–H groups in total. The van der Waals surface area contributed by atoms with Gasteiger partial charge in [0, 0.05) is 9.75 Å². The van der Waals surface area contributed by atoms with Gasteiger partial charge in [0.25, 0.3) is 0 Å². The number of rotatable bonds is 4. The van der Waals surface area contributed by atoms with Crippen molar-refractivity contribution < 1.29 is 12.8 Å². The Labute approximate surface area is 127 Å². The van der Waals surface area contributed by atoms with E-state index in [1.165, 1.54) is 17.6 Å². The van der Waals surface area contributed by atoms with Crippen molar-refractivity contribution in [3.63, 3.8) is 0 Å². The van der Waals surface area contributed by atoms with Gasteiger partial charge in [-0.05, 0) is 43.3 Å². The molecule has 3 rings (SSSR count). The van der Waals surface area contributed by atoms with Gasteiger partial charge >= 0.3 is 0 Å². The Morgan fingerprint density at radius 1 is 1.00 bits per heavy atom. The Morgan fingerprint density at radius 3 is 2.33 bits per heavy atom. The smallest absolute Gasteiger partial charge is 0.193 e. The van der Waals surface area contributed by atoms with Crippen LogP contribution < -0.4 is 0 Å². The third kappa shape index (κ3) is 2.66. The first kappa shape index (κ1) is 14.1. The van der Waals surface area contributed by atoms with Crippen LogP contribution in [0.15, 0.2) is 70.2 Å². The minimum atomic E-state index is -3.55. The van der Waals surface area contributed by atoms with Crippen molar-refractivity contribution in [1.82, 2.24) is 0 Å². The number of thiophene rings is 1. The van der Waals surface area contributed by atoms with E-state index in [4.69, 9.17) is 4.42 Å². The van der Waals surface area contributed by atoms with E-state index in [9.17, 15) is 8.42 Å². The van der Waals surface area contributed by atoms with Crippen LogP contribution in [0.1, 0.15) is 20.8 Å². The molecule has 3 aromatic rings. The lowest BCUT2D eigenvalue weighted by atomic mass is 10.3. The second-order valence-corrected chi connectivity index (χ2v) is 8.05. The lowest BCUT2D eigenvalue weighted by Crippen LogP contribution is -2.13. The summed E-state index contributed by atoms with van der Waals surface area (Å²) in [6.45, 7) is 1.96. The molecule has 0 radical (unpaired) electrons. The highest BCUT2D eigenvalue weighted by molar-refractivity contribution is 7.92. The molecule has 0 aliphatic rings. The van der Waals surface area contributed by atoms with Crippen LogP contribution in [-0.2, 0) is 9.84 Å². The molecule has 0 bridgehead atoms. The van der Waals surface area contributed by atoms with Gasteiger partial charge in [0.15, 0.2) is 15.1 Å². The molecule has 0 aliphatic carbocycles. The molecule has 1 aromatic carbocycles. The van der Waals surface area contributed by atoms with Gasteiger partial charge in [-0.15, -0.1) is 11.3 Å². The molecule has 108 valence electrons. The first-order valence-corrected chi connectivity index (χ1v) is 8.84. The molecule has 2 heterocycles. The Hall–Kier alpha value is -1.85. The predicted molar refractivity (Wildman–Crippen MR) is 83.2 cm³/mol. The molecule has 3 nitrogen and oxygen atoms in total. The normalized spacial score (nSPS) is 13.2. The molecule has 2 aromatic heterocycles. The SMILES string of the molecule is Cc1ccc(C(c2ccco2)S(=O)(=O)c2ccccc2)s1. The van der Waals surface area contributed by atoms with Crippen molar-refractivity contribution in [2.24, 2.45) is 0 Å². The standard InChI is InChI=1S/C16H14O3S2/c1-12-9-10-15(20-12)16(14-8-5-11-19-14)21(17,18)13-6-3-2-4-7-13/h2-11,16H,1H3. The van der Waals surface area contributed by atoms with Crippen LogP contribution in [0.25, 0.3) is 0 Å². The van der Waals surface area contributed by atoms with Gasteiger partial charge < -0.3 is 4.42 Å². The van der Waals surface area contributed by atoms with E-state index < -0.39 is 15.1 Å². The second kappa shape index (κ2) is 5.50. The zero-order valence-corrected chi connectivity index (χ0v) is 13.0. The summed E-state index contributed by atoms with van der Waals surface area (Å²) >= 11 is 1.48. The molecule has 0 amide bonds. The summed E-state index contributed by atoms with van der Waals surface area (Å²) in [7, 11) is -3.55. The third-order valence-electron chi connectivity index (χ3n) is 3.20. The van der Waals surface area contributed by atoms with Crippen LogP contribution in [0, 0.1) is 6.92 Å². The number of aryl methyl sites for hydroxylation is 1. The summed E-state index contributed by atoms with van der Waals surface area (Å²) < 4.78 is 31.4. The maximum Gasteiger partial charge on any atom is 0.193 e. The van der Waals surface area contributed by atoms with Crippen molar-refractivity contribution in [3.8, 4) is 0 Å². The van der Waals surface area contributed by atoms with Crippen LogP contribution in [0.3, 0.4) is 0 Å². The number of benzene rings is 1. The molecule has 0 saturated heterocycles. The average Bonchev–Trinajstić information content (AvgIpc) is 3.13. The third-order valence-corrected chi connectivity index (χ3v) is 6.45. The fraction of sp³-hybridized carbons (Fsp3) is 0.125. The van der Waals surface area contributed by atoms with Gasteiger partial charge in [-0.3, -0.25) is 0 Å². The summed E-state index contributed by atoms with van der Waals surface area (Å²) in [6.07, 6.45) is 1.50. The molecule has 1 unspecified atom stereocenters. The topological polar surface area (TPSA) is 47.3 Å². The zero-order valence-electron chi connectivity index (χ0n) is 11.4. The summed E-state index contributed by atoms with van der Waals surface area (Å²) in [5.41, 5.74) is 0. The summed E-state index contributed by atoms with van der Waals surface area (Å²) in [4.78, 5) is 2.15. The quantitative estimate of drug-likeness (QED) is 0.724. The van der Waals surface area contributed by atoms with E-state index >= 15 is 0 Å². The molecular formula is C16H14O3S2.